The molecule has 22 heavy (non-hydrogen) atoms. The van der Waals surface area contributed by atoms with E-state index in [1.54, 1.807) is 19.3 Å². The predicted molar refractivity (Wildman–Crippen MR) is 96.8 cm³/mol. The van der Waals surface area contributed by atoms with Crippen molar-refractivity contribution >= 4 is 0 Å². The van der Waals surface area contributed by atoms with Crippen molar-refractivity contribution in [3.05, 3.63) is 0 Å². The minimum absolute atomic E-state index is 0.643. The van der Waals surface area contributed by atoms with Crippen molar-refractivity contribution in [2.24, 2.45) is 45.8 Å². The molecule has 0 amide bonds. The van der Waals surface area contributed by atoms with E-state index in [2.05, 4.69) is 48.5 Å². The minimum Gasteiger partial charge on any atom is -0.0654 e. The summed E-state index contributed by atoms with van der Waals surface area (Å²) in [4.78, 5) is 0. The second kappa shape index (κ2) is 5.25. The summed E-state index contributed by atoms with van der Waals surface area (Å²) >= 11 is 0. The van der Waals surface area contributed by atoms with E-state index in [4.69, 9.17) is 0 Å². The Morgan fingerprint density at radius 3 is 2.14 bits per heavy atom. The molecule has 2 bridgehead atoms. The second-order valence-electron chi connectivity index (χ2n) is 10.6. The van der Waals surface area contributed by atoms with Crippen molar-refractivity contribution in [1.82, 2.24) is 0 Å². The van der Waals surface area contributed by atoms with E-state index in [0.29, 0.717) is 10.8 Å². The highest BCUT2D eigenvalue weighted by Gasteiger charge is 2.66. The molecule has 0 N–H and O–H groups in total. The van der Waals surface area contributed by atoms with Crippen LogP contribution in [-0.2, 0) is 0 Å². The highest BCUT2D eigenvalue weighted by atomic mass is 14.7. The van der Waals surface area contributed by atoms with E-state index in [1.165, 1.54) is 25.7 Å². The third-order valence-electron chi connectivity index (χ3n) is 9.36. The van der Waals surface area contributed by atoms with Crippen LogP contribution in [0.25, 0.3) is 0 Å². The zero-order chi connectivity index (χ0) is 16.3. The van der Waals surface area contributed by atoms with Crippen molar-refractivity contribution < 1.29 is 0 Å². The van der Waals surface area contributed by atoms with Gasteiger partial charge < -0.3 is 0 Å². The van der Waals surface area contributed by atoms with Crippen molar-refractivity contribution in [2.45, 2.75) is 93.4 Å². The van der Waals surface area contributed by atoms with Gasteiger partial charge in [-0.1, -0.05) is 61.3 Å². The van der Waals surface area contributed by atoms with Gasteiger partial charge in [0.2, 0.25) is 0 Å². The van der Waals surface area contributed by atoms with E-state index in [1.807, 2.05) is 0 Å². The van der Waals surface area contributed by atoms with E-state index >= 15 is 0 Å². The van der Waals surface area contributed by atoms with E-state index in [-0.39, 0.29) is 0 Å². The topological polar surface area (TPSA) is 0 Å². The number of hydrogen-bond acceptors (Lipinski definition) is 0. The molecule has 128 valence electrons. The largest absolute Gasteiger partial charge is 0.0654 e. The maximum atomic E-state index is 2.62. The Labute approximate surface area is 139 Å². The summed E-state index contributed by atoms with van der Waals surface area (Å²) in [5, 5.41) is 0. The van der Waals surface area contributed by atoms with Gasteiger partial charge in [-0.15, -0.1) is 0 Å². The van der Waals surface area contributed by atoms with Crippen molar-refractivity contribution in [1.29, 1.82) is 0 Å². The monoisotopic (exact) mass is 304 g/mol. The molecule has 0 aromatic heterocycles. The first-order valence-corrected chi connectivity index (χ1v) is 10.2. The molecular formula is C22H40. The van der Waals surface area contributed by atoms with Gasteiger partial charge in [0.25, 0.3) is 0 Å². The number of rotatable bonds is 6. The van der Waals surface area contributed by atoms with Gasteiger partial charge >= 0.3 is 0 Å². The van der Waals surface area contributed by atoms with E-state index in [9.17, 15) is 0 Å². The summed E-state index contributed by atoms with van der Waals surface area (Å²) in [5.74, 6) is 4.78. The SMILES string of the molecule is CCCC(C)C(C)C12CC(CC3(C)C(C)CC3C)C(C)(C1)C2. The summed E-state index contributed by atoms with van der Waals surface area (Å²) in [6.07, 6.45) is 10.4. The van der Waals surface area contributed by atoms with Crippen LogP contribution in [0, 0.1) is 45.8 Å². The van der Waals surface area contributed by atoms with Crippen LogP contribution in [-0.4, -0.2) is 0 Å². The van der Waals surface area contributed by atoms with Gasteiger partial charge in [-0.25, -0.2) is 0 Å². The third kappa shape index (κ3) is 2.22. The molecule has 0 aromatic carbocycles. The molecule has 4 aliphatic rings. The molecule has 0 heterocycles. The summed E-state index contributed by atoms with van der Waals surface area (Å²) in [6, 6.07) is 0. The van der Waals surface area contributed by atoms with Gasteiger partial charge in [-0.3, -0.25) is 0 Å². The molecule has 0 radical (unpaired) electrons. The first-order chi connectivity index (χ1) is 10.2. The zero-order valence-corrected chi connectivity index (χ0v) is 16.3. The maximum absolute atomic E-state index is 2.62. The van der Waals surface area contributed by atoms with E-state index < -0.39 is 0 Å². The van der Waals surface area contributed by atoms with Crippen LogP contribution in [0.15, 0.2) is 0 Å². The average molecular weight is 305 g/mol. The maximum Gasteiger partial charge on any atom is -0.0256 e. The lowest BCUT2D eigenvalue weighted by molar-refractivity contribution is -0.0592. The molecule has 4 saturated carbocycles. The Morgan fingerprint density at radius 2 is 1.64 bits per heavy atom. The van der Waals surface area contributed by atoms with Crippen molar-refractivity contribution in [3.63, 3.8) is 0 Å². The van der Waals surface area contributed by atoms with Gasteiger partial charge in [0.15, 0.2) is 0 Å². The van der Waals surface area contributed by atoms with Crippen LogP contribution < -0.4 is 0 Å². The standard InChI is InChI=1S/C22H40/c1-8-9-15(2)18(5)22-12-19(20(6,13-22)14-22)11-21(7)16(3)10-17(21)4/h15-19H,8-14H2,1-7H3. The molecule has 5 unspecified atom stereocenters. The number of fused-ring (bicyclic) bond motifs is 1. The van der Waals surface area contributed by atoms with Gasteiger partial charge in [0.05, 0.1) is 0 Å². The minimum atomic E-state index is 0.643. The molecule has 0 nitrogen and oxygen atoms in total. The Balaban J connectivity index is 1.68. The lowest BCUT2D eigenvalue weighted by Gasteiger charge is -2.55. The lowest BCUT2D eigenvalue weighted by atomic mass is 9.50. The molecule has 0 spiro atoms. The van der Waals surface area contributed by atoms with Gasteiger partial charge in [-0.05, 0) is 77.9 Å². The summed E-state index contributed by atoms with van der Waals surface area (Å²) in [5.41, 5.74) is 2.06. The van der Waals surface area contributed by atoms with Crippen LogP contribution in [0.1, 0.15) is 93.4 Å². The Morgan fingerprint density at radius 1 is 1.05 bits per heavy atom. The number of hydrogen-bond donors (Lipinski definition) is 0. The molecule has 0 heteroatoms. The Hall–Kier alpha value is 0. The summed E-state index contributed by atoms with van der Waals surface area (Å²) < 4.78 is 0. The molecule has 4 rings (SSSR count). The smallest absolute Gasteiger partial charge is 0.0256 e. The van der Waals surface area contributed by atoms with Crippen LogP contribution in [0.3, 0.4) is 0 Å². The van der Waals surface area contributed by atoms with Crippen LogP contribution in [0.2, 0.25) is 0 Å². The van der Waals surface area contributed by atoms with Crippen LogP contribution in [0.5, 0.6) is 0 Å². The molecule has 4 fully saturated rings. The van der Waals surface area contributed by atoms with Gasteiger partial charge in [0, 0.05) is 0 Å². The third-order valence-corrected chi connectivity index (χ3v) is 9.36. The first kappa shape index (κ1) is 16.8. The molecule has 0 saturated heterocycles. The first-order valence-electron chi connectivity index (χ1n) is 10.2. The average Bonchev–Trinajstić information content (AvgIpc) is 2.86. The van der Waals surface area contributed by atoms with Gasteiger partial charge in [0.1, 0.15) is 0 Å². The predicted octanol–water partition coefficient (Wildman–Crippen LogP) is 6.94. The van der Waals surface area contributed by atoms with Crippen molar-refractivity contribution in [2.75, 3.05) is 0 Å². The van der Waals surface area contributed by atoms with Gasteiger partial charge in [-0.2, -0.15) is 0 Å². The molecular weight excluding hydrogens is 264 g/mol. The lowest BCUT2D eigenvalue weighted by Crippen LogP contribution is -2.47. The molecule has 4 aliphatic carbocycles. The second-order valence-corrected chi connectivity index (χ2v) is 10.6. The normalized spacial score (nSPS) is 52.8. The highest BCUT2D eigenvalue weighted by Crippen LogP contribution is 2.75. The Kier molecular flexibility index (Phi) is 4.02. The van der Waals surface area contributed by atoms with E-state index in [0.717, 1.165) is 35.0 Å². The summed E-state index contributed by atoms with van der Waals surface area (Å²) in [7, 11) is 0. The van der Waals surface area contributed by atoms with Crippen molar-refractivity contribution in [3.8, 4) is 0 Å². The molecule has 0 aromatic rings. The van der Waals surface area contributed by atoms with Crippen LogP contribution in [0.4, 0.5) is 0 Å². The fourth-order valence-electron chi connectivity index (χ4n) is 7.19. The Bertz CT molecular complexity index is 406. The quantitative estimate of drug-likeness (QED) is 0.498. The zero-order valence-electron chi connectivity index (χ0n) is 16.3. The van der Waals surface area contributed by atoms with Crippen LogP contribution >= 0.6 is 0 Å². The molecule has 0 aliphatic heterocycles. The fourth-order valence-corrected chi connectivity index (χ4v) is 7.19. The summed E-state index contributed by atoms with van der Waals surface area (Å²) in [6.45, 7) is 17.7. The molecule has 5 atom stereocenters. The fraction of sp³-hybridized carbons (Fsp3) is 1.00. The highest BCUT2D eigenvalue weighted by molar-refractivity contribution is 5.16.